The van der Waals surface area contributed by atoms with E-state index in [1.165, 1.54) is 26.4 Å². The first-order chi connectivity index (χ1) is 8.62. The fourth-order valence-corrected chi connectivity index (χ4v) is 1.06. The highest BCUT2D eigenvalue weighted by Gasteiger charge is 2.16. The van der Waals surface area contributed by atoms with Gasteiger partial charge in [0.1, 0.15) is 0 Å². The molecule has 0 aromatic heterocycles. The predicted molar refractivity (Wildman–Crippen MR) is 69.6 cm³/mol. The van der Waals surface area contributed by atoms with E-state index < -0.39 is 11.9 Å². The largest absolute Gasteiger partial charge is 0.465 e. The first kappa shape index (κ1) is 15.9. The lowest BCUT2D eigenvalue weighted by Gasteiger charge is -2.04. The normalized spacial score (nSPS) is 9.33. The molecule has 0 bridgehead atoms. The average Bonchev–Trinajstić information content (AvgIpc) is 2.45. The lowest BCUT2D eigenvalue weighted by molar-refractivity contribution is 0.0555. The van der Waals surface area contributed by atoms with Gasteiger partial charge in [-0.1, -0.05) is 24.3 Å². The summed E-state index contributed by atoms with van der Waals surface area (Å²) in [5, 5.41) is 0. The third-order valence-corrected chi connectivity index (χ3v) is 2.07. The van der Waals surface area contributed by atoms with Crippen molar-refractivity contribution in [2.24, 2.45) is 0 Å². The van der Waals surface area contributed by atoms with Crippen molar-refractivity contribution in [3.63, 3.8) is 0 Å². The van der Waals surface area contributed by atoms with Crippen molar-refractivity contribution < 1.29 is 19.1 Å². The number of rotatable bonds is 2. The molecule has 0 amide bonds. The minimum Gasteiger partial charge on any atom is -0.465 e. The molecule has 4 heteroatoms. The molecule has 1 aromatic carbocycles. The number of carbonyl (C=O) groups is 2. The molecule has 0 fully saturated rings. The molecule has 0 aliphatic heterocycles. The van der Waals surface area contributed by atoms with Crippen LogP contribution >= 0.6 is 0 Å². The van der Waals surface area contributed by atoms with Gasteiger partial charge in [-0.15, -0.1) is 0 Å². The maximum Gasteiger partial charge on any atom is 0.338 e. The average molecular weight is 250 g/mol. The zero-order valence-electron chi connectivity index (χ0n) is 11.1. The Morgan fingerprint density at radius 1 is 0.889 bits per heavy atom. The van der Waals surface area contributed by atoms with Gasteiger partial charge in [-0.3, -0.25) is 0 Å². The number of ether oxygens (including phenoxy) is 2. The van der Waals surface area contributed by atoms with Crippen molar-refractivity contribution >= 4 is 11.9 Å². The molecule has 1 aromatic rings. The molecule has 0 spiro atoms. The van der Waals surface area contributed by atoms with Crippen LogP contribution in [0.3, 0.4) is 0 Å². The highest BCUT2D eigenvalue weighted by molar-refractivity contribution is 6.02. The molecule has 0 saturated heterocycles. The van der Waals surface area contributed by atoms with Gasteiger partial charge in [-0.25, -0.2) is 9.59 Å². The summed E-state index contributed by atoms with van der Waals surface area (Å²) < 4.78 is 9.05. The van der Waals surface area contributed by atoms with E-state index in [1.807, 2.05) is 26.0 Å². The molecular formula is C14H18O4. The standard InChI is InChI=1S/C10H10O4.C4H8/c1-13-9(11)7-5-3-4-6-8(7)10(12)14-2;1-3-4-2/h3-6H,1-2H3;3-4H,1-2H3. The van der Waals surface area contributed by atoms with Crippen LogP contribution in [-0.4, -0.2) is 26.2 Å². The van der Waals surface area contributed by atoms with Gasteiger partial charge in [-0.05, 0) is 26.0 Å². The van der Waals surface area contributed by atoms with Gasteiger partial charge in [0.25, 0.3) is 0 Å². The summed E-state index contributed by atoms with van der Waals surface area (Å²) in [7, 11) is 2.52. The minimum atomic E-state index is -0.550. The van der Waals surface area contributed by atoms with E-state index in [2.05, 4.69) is 9.47 Å². The lowest BCUT2D eigenvalue weighted by atomic mass is 10.1. The van der Waals surface area contributed by atoms with Gasteiger partial charge in [-0.2, -0.15) is 0 Å². The van der Waals surface area contributed by atoms with E-state index in [1.54, 1.807) is 12.1 Å². The van der Waals surface area contributed by atoms with Gasteiger partial charge in [0.2, 0.25) is 0 Å². The Labute approximate surface area is 107 Å². The van der Waals surface area contributed by atoms with E-state index in [-0.39, 0.29) is 11.1 Å². The number of benzene rings is 1. The van der Waals surface area contributed by atoms with E-state index in [4.69, 9.17) is 0 Å². The Hall–Kier alpha value is -2.10. The fraction of sp³-hybridized carbons (Fsp3) is 0.286. The highest BCUT2D eigenvalue weighted by Crippen LogP contribution is 2.10. The SMILES string of the molecule is CC=CC.COC(=O)c1ccccc1C(=O)OC. The second-order valence-corrected chi connectivity index (χ2v) is 3.20. The van der Waals surface area contributed by atoms with Gasteiger partial charge in [0.05, 0.1) is 25.3 Å². The number of esters is 2. The van der Waals surface area contributed by atoms with Crippen molar-refractivity contribution in [2.75, 3.05) is 14.2 Å². The Kier molecular flexibility index (Phi) is 7.94. The summed E-state index contributed by atoms with van der Waals surface area (Å²) in [6, 6.07) is 6.33. The Bertz CT molecular complexity index is 383. The molecule has 0 unspecified atom stereocenters. The van der Waals surface area contributed by atoms with E-state index in [9.17, 15) is 9.59 Å². The van der Waals surface area contributed by atoms with Crippen molar-refractivity contribution in [3.8, 4) is 0 Å². The summed E-state index contributed by atoms with van der Waals surface area (Å²) in [6.45, 7) is 4.00. The molecule has 1 rings (SSSR count). The molecule has 18 heavy (non-hydrogen) atoms. The quantitative estimate of drug-likeness (QED) is 0.598. The van der Waals surface area contributed by atoms with Gasteiger partial charge in [0.15, 0.2) is 0 Å². The summed E-state index contributed by atoms with van der Waals surface area (Å²) in [6.07, 6.45) is 4.00. The predicted octanol–water partition coefficient (Wildman–Crippen LogP) is 2.84. The molecule has 0 N–H and O–H groups in total. The maximum atomic E-state index is 11.2. The topological polar surface area (TPSA) is 52.6 Å². The van der Waals surface area contributed by atoms with Crippen molar-refractivity contribution in [3.05, 3.63) is 47.5 Å². The molecule has 0 heterocycles. The molecule has 0 aliphatic rings. The van der Waals surface area contributed by atoms with Crippen molar-refractivity contribution in [1.82, 2.24) is 0 Å². The van der Waals surface area contributed by atoms with Gasteiger partial charge in [0, 0.05) is 0 Å². The van der Waals surface area contributed by atoms with Crippen LogP contribution in [0.15, 0.2) is 36.4 Å². The van der Waals surface area contributed by atoms with Crippen LogP contribution in [0.4, 0.5) is 0 Å². The third kappa shape index (κ3) is 4.82. The fourth-order valence-electron chi connectivity index (χ4n) is 1.06. The zero-order valence-corrected chi connectivity index (χ0v) is 11.1. The van der Waals surface area contributed by atoms with Crippen LogP contribution in [0.2, 0.25) is 0 Å². The first-order valence-electron chi connectivity index (χ1n) is 5.45. The molecule has 4 nitrogen and oxygen atoms in total. The minimum absolute atomic E-state index is 0.210. The molecule has 0 aliphatic carbocycles. The number of carbonyl (C=O) groups excluding carboxylic acids is 2. The Morgan fingerprint density at radius 3 is 1.44 bits per heavy atom. The van der Waals surface area contributed by atoms with E-state index in [0.29, 0.717) is 0 Å². The van der Waals surface area contributed by atoms with Gasteiger partial charge >= 0.3 is 11.9 Å². The summed E-state index contributed by atoms with van der Waals surface area (Å²) in [5.74, 6) is -1.10. The summed E-state index contributed by atoms with van der Waals surface area (Å²) in [5.41, 5.74) is 0.420. The van der Waals surface area contributed by atoms with Crippen LogP contribution in [0.25, 0.3) is 0 Å². The first-order valence-corrected chi connectivity index (χ1v) is 5.45. The molecule has 98 valence electrons. The highest BCUT2D eigenvalue weighted by atomic mass is 16.5. The van der Waals surface area contributed by atoms with Crippen molar-refractivity contribution in [2.45, 2.75) is 13.8 Å². The maximum absolute atomic E-state index is 11.2. The summed E-state index contributed by atoms with van der Waals surface area (Å²) >= 11 is 0. The monoisotopic (exact) mass is 250 g/mol. The summed E-state index contributed by atoms with van der Waals surface area (Å²) in [4.78, 5) is 22.4. The molecular weight excluding hydrogens is 232 g/mol. The number of hydrogen-bond donors (Lipinski definition) is 0. The number of hydrogen-bond acceptors (Lipinski definition) is 4. The van der Waals surface area contributed by atoms with Crippen LogP contribution in [0.5, 0.6) is 0 Å². The third-order valence-electron chi connectivity index (χ3n) is 2.07. The van der Waals surface area contributed by atoms with Crippen LogP contribution in [0, 0.1) is 0 Å². The van der Waals surface area contributed by atoms with Crippen LogP contribution < -0.4 is 0 Å². The molecule has 0 atom stereocenters. The Balaban J connectivity index is 0.000000631. The smallest absolute Gasteiger partial charge is 0.338 e. The number of methoxy groups -OCH3 is 2. The van der Waals surface area contributed by atoms with Crippen molar-refractivity contribution in [1.29, 1.82) is 0 Å². The zero-order chi connectivity index (χ0) is 14.0. The van der Waals surface area contributed by atoms with E-state index in [0.717, 1.165) is 0 Å². The lowest BCUT2D eigenvalue weighted by Crippen LogP contribution is -2.11. The molecule has 0 radical (unpaired) electrons. The second kappa shape index (κ2) is 8.98. The Morgan fingerprint density at radius 2 is 1.22 bits per heavy atom. The molecule has 0 saturated carbocycles. The second-order valence-electron chi connectivity index (χ2n) is 3.20. The number of allylic oxidation sites excluding steroid dienone is 2. The van der Waals surface area contributed by atoms with E-state index >= 15 is 0 Å². The van der Waals surface area contributed by atoms with Gasteiger partial charge < -0.3 is 9.47 Å². The van der Waals surface area contributed by atoms with Crippen LogP contribution in [-0.2, 0) is 9.47 Å². The van der Waals surface area contributed by atoms with Crippen LogP contribution in [0.1, 0.15) is 34.6 Å².